The van der Waals surface area contributed by atoms with Crippen molar-refractivity contribution in [1.82, 2.24) is 9.78 Å². The van der Waals surface area contributed by atoms with Crippen molar-refractivity contribution in [2.45, 2.75) is 32.6 Å². The maximum absolute atomic E-state index is 12.7. The van der Waals surface area contributed by atoms with E-state index < -0.39 is 11.7 Å². The van der Waals surface area contributed by atoms with E-state index in [1.165, 1.54) is 6.07 Å². The summed E-state index contributed by atoms with van der Waals surface area (Å²) in [6, 6.07) is 3.02. The predicted molar refractivity (Wildman–Crippen MR) is 76.4 cm³/mol. The molecule has 1 N–H and O–H groups in total. The van der Waals surface area contributed by atoms with Gasteiger partial charge in [-0.1, -0.05) is 11.6 Å². The topological polar surface area (TPSA) is 29.9 Å². The number of nitrogens with zero attached hydrogens (tertiary/aromatic N) is 2. The van der Waals surface area contributed by atoms with Gasteiger partial charge < -0.3 is 5.32 Å². The number of alkyl halides is 3. The molecule has 7 heteroatoms. The molecule has 1 unspecified atom stereocenters. The minimum atomic E-state index is -4.39. The summed E-state index contributed by atoms with van der Waals surface area (Å²) >= 11 is 5.96. The van der Waals surface area contributed by atoms with Crippen LogP contribution in [0.1, 0.15) is 31.0 Å². The molecule has 1 aromatic heterocycles. The van der Waals surface area contributed by atoms with Crippen molar-refractivity contribution in [3.63, 3.8) is 0 Å². The Kier molecular flexibility index (Phi) is 4.46. The van der Waals surface area contributed by atoms with Crippen molar-refractivity contribution in [2.75, 3.05) is 5.32 Å². The number of anilines is 1. The van der Waals surface area contributed by atoms with Gasteiger partial charge in [-0.3, -0.25) is 4.68 Å². The minimum absolute atomic E-state index is 0.203. The van der Waals surface area contributed by atoms with Crippen molar-refractivity contribution in [3.8, 4) is 0 Å². The number of hydrogen-bond donors (Lipinski definition) is 1. The van der Waals surface area contributed by atoms with Crippen molar-refractivity contribution in [2.24, 2.45) is 0 Å². The minimum Gasteiger partial charge on any atom is -0.377 e. The van der Waals surface area contributed by atoms with Gasteiger partial charge in [0.15, 0.2) is 0 Å². The molecule has 0 radical (unpaired) electrons. The third kappa shape index (κ3) is 3.69. The van der Waals surface area contributed by atoms with Crippen LogP contribution in [0.3, 0.4) is 0 Å². The van der Waals surface area contributed by atoms with Gasteiger partial charge in [0.05, 0.1) is 28.5 Å². The zero-order chi connectivity index (χ0) is 15.6. The van der Waals surface area contributed by atoms with Gasteiger partial charge in [0.25, 0.3) is 0 Å². The number of hydrogen-bond acceptors (Lipinski definition) is 2. The summed E-state index contributed by atoms with van der Waals surface area (Å²) in [6.07, 6.45) is -0.862. The zero-order valence-corrected chi connectivity index (χ0v) is 12.3. The highest BCUT2D eigenvalue weighted by Gasteiger charge is 2.31. The van der Waals surface area contributed by atoms with Crippen LogP contribution in [-0.2, 0) is 12.7 Å². The lowest BCUT2D eigenvalue weighted by Gasteiger charge is -2.16. The summed E-state index contributed by atoms with van der Waals surface area (Å²) in [7, 11) is 0. The monoisotopic (exact) mass is 317 g/mol. The Balaban J connectivity index is 2.22. The Labute approximate surface area is 125 Å². The fourth-order valence-electron chi connectivity index (χ4n) is 1.90. The summed E-state index contributed by atoms with van der Waals surface area (Å²) < 4.78 is 39.9. The number of aromatic nitrogens is 2. The van der Waals surface area contributed by atoms with Crippen LogP contribution in [0.25, 0.3) is 0 Å². The van der Waals surface area contributed by atoms with E-state index in [0.717, 1.165) is 24.2 Å². The summed E-state index contributed by atoms with van der Waals surface area (Å²) in [6.45, 7) is 4.53. The first-order valence-electron chi connectivity index (χ1n) is 6.47. The number of aryl methyl sites for hydroxylation is 1. The second kappa shape index (κ2) is 5.97. The zero-order valence-electron chi connectivity index (χ0n) is 11.6. The Morgan fingerprint density at radius 2 is 2.10 bits per heavy atom. The van der Waals surface area contributed by atoms with E-state index in [9.17, 15) is 13.2 Å². The van der Waals surface area contributed by atoms with Crippen molar-refractivity contribution in [3.05, 3.63) is 46.7 Å². The number of halogens is 4. The van der Waals surface area contributed by atoms with Crippen LogP contribution in [0.4, 0.5) is 18.9 Å². The number of benzene rings is 1. The Morgan fingerprint density at radius 1 is 1.38 bits per heavy atom. The molecule has 0 bridgehead atoms. The molecule has 0 saturated heterocycles. The Morgan fingerprint density at radius 3 is 2.67 bits per heavy atom. The van der Waals surface area contributed by atoms with Crippen LogP contribution in [0.15, 0.2) is 30.6 Å². The van der Waals surface area contributed by atoms with Crippen LogP contribution in [-0.4, -0.2) is 9.78 Å². The normalized spacial score (nSPS) is 13.2. The third-order valence-corrected chi connectivity index (χ3v) is 3.47. The van der Waals surface area contributed by atoms with Gasteiger partial charge in [0.2, 0.25) is 0 Å². The lowest BCUT2D eigenvalue weighted by atomic mass is 10.1. The highest BCUT2D eigenvalue weighted by Crippen LogP contribution is 2.35. The number of nitrogens with one attached hydrogen (secondary N) is 1. The highest BCUT2D eigenvalue weighted by molar-refractivity contribution is 6.33. The van der Waals surface area contributed by atoms with Gasteiger partial charge >= 0.3 is 6.18 Å². The van der Waals surface area contributed by atoms with E-state index in [4.69, 9.17) is 11.6 Å². The molecule has 1 heterocycles. The van der Waals surface area contributed by atoms with Crippen molar-refractivity contribution < 1.29 is 13.2 Å². The molecule has 3 nitrogen and oxygen atoms in total. The molecule has 0 spiro atoms. The van der Waals surface area contributed by atoms with Crippen molar-refractivity contribution >= 4 is 17.3 Å². The maximum Gasteiger partial charge on any atom is 0.416 e. The molecule has 2 aromatic rings. The van der Waals surface area contributed by atoms with E-state index in [1.807, 2.05) is 20.0 Å². The molecule has 0 aliphatic carbocycles. The van der Waals surface area contributed by atoms with Crippen molar-refractivity contribution in [1.29, 1.82) is 0 Å². The molecular weight excluding hydrogens is 303 g/mol. The molecule has 1 aromatic carbocycles. The van der Waals surface area contributed by atoms with Gasteiger partial charge in [0.1, 0.15) is 0 Å². The first kappa shape index (κ1) is 15.7. The first-order chi connectivity index (χ1) is 9.81. The summed E-state index contributed by atoms with van der Waals surface area (Å²) in [5, 5.41) is 7.38. The quantitative estimate of drug-likeness (QED) is 0.882. The van der Waals surface area contributed by atoms with Gasteiger partial charge in [0, 0.05) is 18.3 Å². The fraction of sp³-hybridized carbons (Fsp3) is 0.357. The molecule has 0 aliphatic rings. The summed E-state index contributed by atoms with van der Waals surface area (Å²) in [4.78, 5) is 0. The third-order valence-electron chi connectivity index (χ3n) is 3.14. The Hall–Kier alpha value is -1.69. The fourth-order valence-corrected chi connectivity index (χ4v) is 2.08. The molecule has 1 atom stereocenters. The second-order valence-electron chi connectivity index (χ2n) is 4.69. The lowest BCUT2D eigenvalue weighted by Crippen LogP contribution is -2.09. The average Bonchev–Trinajstić information content (AvgIpc) is 2.88. The molecule has 0 fully saturated rings. The van der Waals surface area contributed by atoms with E-state index >= 15 is 0 Å². The maximum atomic E-state index is 12.7. The summed E-state index contributed by atoms with van der Waals surface area (Å²) in [5.74, 6) is 0. The van der Waals surface area contributed by atoms with E-state index in [0.29, 0.717) is 0 Å². The van der Waals surface area contributed by atoms with E-state index in [1.54, 1.807) is 10.9 Å². The van der Waals surface area contributed by atoms with Gasteiger partial charge in [-0.25, -0.2) is 0 Å². The van der Waals surface area contributed by atoms with Gasteiger partial charge in [-0.05, 0) is 32.0 Å². The molecule has 114 valence electrons. The Bertz CT molecular complexity index is 622. The van der Waals surface area contributed by atoms with Crippen LogP contribution < -0.4 is 5.32 Å². The highest BCUT2D eigenvalue weighted by atomic mass is 35.5. The molecule has 21 heavy (non-hydrogen) atoms. The lowest BCUT2D eigenvalue weighted by molar-refractivity contribution is -0.137. The molecule has 0 amide bonds. The second-order valence-corrected chi connectivity index (χ2v) is 5.09. The smallest absolute Gasteiger partial charge is 0.377 e. The standard InChI is InChI=1S/C14H15ClF3N3/c1-3-21-8-10(7-19-21)9(2)20-13-6-11(14(16,17)18)4-5-12(13)15/h4-9,20H,3H2,1-2H3. The molecular formula is C14H15ClF3N3. The van der Waals surface area contributed by atoms with E-state index in [-0.39, 0.29) is 16.8 Å². The predicted octanol–water partition coefficient (Wildman–Crippen LogP) is 4.75. The molecule has 2 rings (SSSR count). The molecule has 0 aliphatic heterocycles. The van der Waals surface area contributed by atoms with E-state index in [2.05, 4.69) is 10.4 Å². The summed E-state index contributed by atoms with van der Waals surface area (Å²) in [5.41, 5.74) is 0.402. The van der Waals surface area contributed by atoms with Crippen LogP contribution in [0.5, 0.6) is 0 Å². The van der Waals surface area contributed by atoms with Gasteiger partial charge in [-0.2, -0.15) is 18.3 Å². The van der Waals surface area contributed by atoms with Gasteiger partial charge in [-0.15, -0.1) is 0 Å². The molecule has 0 saturated carbocycles. The first-order valence-corrected chi connectivity index (χ1v) is 6.84. The van der Waals surface area contributed by atoms with Crippen LogP contribution >= 0.6 is 11.6 Å². The SMILES string of the molecule is CCn1cc(C(C)Nc2cc(C(F)(F)F)ccc2Cl)cn1. The largest absolute Gasteiger partial charge is 0.416 e. The number of rotatable bonds is 4. The van der Waals surface area contributed by atoms with Crippen LogP contribution in [0.2, 0.25) is 5.02 Å². The average molecular weight is 318 g/mol. The van der Waals surface area contributed by atoms with Crippen LogP contribution in [0, 0.1) is 0 Å².